The third-order valence-corrected chi connectivity index (χ3v) is 6.21. The minimum absolute atomic E-state index is 0.0115. The fourth-order valence-corrected chi connectivity index (χ4v) is 4.57. The molecule has 0 unspecified atom stereocenters. The molecule has 0 saturated carbocycles. The molecule has 1 aliphatic heterocycles. The highest BCUT2D eigenvalue weighted by Crippen LogP contribution is 2.37. The molecule has 1 saturated heterocycles. The van der Waals surface area contributed by atoms with Crippen LogP contribution in [0.15, 0.2) is 66.7 Å². The Hall–Kier alpha value is -3.11. The lowest BCUT2D eigenvalue weighted by molar-refractivity contribution is -0.114. The van der Waals surface area contributed by atoms with Crippen molar-refractivity contribution in [2.24, 2.45) is 0 Å². The van der Waals surface area contributed by atoms with E-state index in [1.165, 1.54) is 6.92 Å². The number of halogens is 1. The van der Waals surface area contributed by atoms with Crippen molar-refractivity contribution in [1.29, 1.82) is 0 Å². The summed E-state index contributed by atoms with van der Waals surface area (Å²) in [5.41, 5.74) is 5.50. The Bertz CT molecular complexity index is 1120. The minimum atomic E-state index is -0.0973. The molecule has 1 N–H and O–H groups in total. The van der Waals surface area contributed by atoms with E-state index in [1.54, 1.807) is 0 Å². The SMILES string of the molecule is CC(=O)Nc1cccc(-c2ccc(C(=O)N3CCC[C@@H]3c3ccccc3Cl)cc2)c1C. The number of benzene rings is 3. The Labute approximate surface area is 187 Å². The van der Waals surface area contributed by atoms with E-state index in [2.05, 4.69) is 5.32 Å². The Kier molecular flexibility index (Phi) is 6.10. The number of likely N-dealkylation sites (tertiary alicyclic amines) is 1. The van der Waals surface area contributed by atoms with Crippen LogP contribution in [-0.4, -0.2) is 23.3 Å². The second-order valence-corrected chi connectivity index (χ2v) is 8.32. The van der Waals surface area contributed by atoms with E-state index in [0.717, 1.165) is 47.3 Å². The van der Waals surface area contributed by atoms with Crippen molar-refractivity contribution >= 4 is 29.1 Å². The molecule has 4 rings (SSSR count). The number of carbonyl (C=O) groups excluding carboxylic acids is 2. The van der Waals surface area contributed by atoms with Crippen molar-refractivity contribution in [2.45, 2.75) is 32.7 Å². The lowest BCUT2D eigenvalue weighted by Crippen LogP contribution is -2.30. The molecule has 4 nitrogen and oxygen atoms in total. The zero-order valence-electron chi connectivity index (χ0n) is 17.7. The number of hydrogen-bond acceptors (Lipinski definition) is 2. The van der Waals surface area contributed by atoms with Gasteiger partial charge in [-0.3, -0.25) is 9.59 Å². The van der Waals surface area contributed by atoms with E-state index >= 15 is 0 Å². The van der Waals surface area contributed by atoms with Crippen LogP contribution in [0.1, 0.15) is 47.3 Å². The predicted molar refractivity (Wildman–Crippen MR) is 125 cm³/mol. The first-order chi connectivity index (χ1) is 15.0. The highest BCUT2D eigenvalue weighted by Gasteiger charge is 2.31. The van der Waals surface area contributed by atoms with Gasteiger partial charge in [-0.1, -0.05) is 54.1 Å². The third kappa shape index (κ3) is 4.35. The maximum absolute atomic E-state index is 13.3. The second kappa shape index (κ2) is 8.94. The molecule has 2 amide bonds. The zero-order chi connectivity index (χ0) is 22.0. The summed E-state index contributed by atoms with van der Waals surface area (Å²) in [6, 6.07) is 21.3. The van der Waals surface area contributed by atoms with Gasteiger partial charge in [-0.05, 0) is 66.3 Å². The van der Waals surface area contributed by atoms with Crippen LogP contribution in [0, 0.1) is 6.92 Å². The summed E-state index contributed by atoms with van der Waals surface area (Å²) in [7, 11) is 0. The van der Waals surface area contributed by atoms with Gasteiger partial charge in [0.1, 0.15) is 0 Å². The molecule has 158 valence electrons. The number of rotatable bonds is 4. The lowest BCUT2D eigenvalue weighted by atomic mass is 9.97. The van der Waals surface area contributed by atoms with Crippen LogP contribution in [0.25, 0.3) is 11.1 Å². The molecule has 0 radical (unpaired) electrons. The Morgan fingerprint density at radius 3 is 2.45 bits per heavy atom. The average molecular weight is 433 g/mol. The van der Waals surface area contributed by atoms with E-state index in [9.17, 15) is 9.59 Å². The predicted octanol–water partition coefficient (Wildman–Crippen LogP) is 6.25. The number of nitrogens with one attached hydrogen (secondary N) is 1. The van der Waals surface area contributed by atoms with E-state index in [-0.39, 0.29) is 17.9 Å². The van der Waals surface area contributed by atoms with Gasteiger partial charge in [0, 0.05) is 29.7 Å². The van der Waals surface area contributed by atoms with Gasteiger partial charge in [-0.15, -0.1) is 0 Å². The first-order valence-electron chi connectivity index (χ1n) is 10.5. The van der Waals surface area contributed by atoms with Crippen LogP contribution < -0.4 is 5.32 Å². The van der Waals surface area contributed by atoms with Gasteiger partial charge in [-0.25, -0.2) is 0 Å². The first-order valence-corrected chi connectivity index (χ1v) is 10.9. The summed E-state index contributed by atoms with van der Waals surface area (Å²) in [4.78, 5) is 26.6. The molecular weight excluding hydrogens is 408 g/mol. The van der Waals surface area contributed by atoms with Crippen molar-refractivity contribution < 1.29 is 9.59 Å². The molecule has 3 aromatic rings. The average Bonchev–Trinajstić information content (AvgIpc) is 3.24. The monoisotopic (exact) mass is 432 g/mol. The molecule has 0 aliphatic carbocycles. The maximum atomic E-state index is 13.3. The molecule has 31 heavy (non-hydrogen) atoms. The zero-order valence-corrected chi connectivity index (χ0v) is 18.4. The van der Waals surface area contributed by atoms with Gasteiger partial charge in [0.15, 0.2) is 0 Å². The smallest absolute Gasteiger partial charge is 0.254 e. The van der Waals surface area contributed by atoms with Crippen LogP contribution in [0.4, 0.5) is 5.69 Å². The van der Waals surface area contributed by atoms with Gasteiger partial charge in [0.25, 0.3) is 5.91 Å². The standard InChI is InChI=1S/C26H25ClN2O2/c1-17-21(8-5-10-24(17)28-18(2)30)19-12-14-20(15-13-19)26(31)29-16-6-11-25(29)22-7-3-4-9-23(22)27/h3-5,7-10,12-15,25H,6,11,16H2,1-2H3,(H,28,30)/t25-/m1/s1. The minimum Gasteiger partial charge on any atom is -0.332 e. The molecule has 1 fully saturated rings. The second-order valence-electron chi connectivity index (χ2n) is 7.91. The molecule has 0 spiro atoms. The highest BCUT2D eigenvalue weighted by molar-refractivity contribution is 6.31. The van der Waals surface area contributed by atoms with Crippen molar-refractivity contribution in [3.8, 4) is 11.1 Å². The van der Waals surface area contributed by atoms with Gasteiger partial charge >= 0.3 is 0 Å². The van der Waals surface area contributed by atoms with Crippen molar-refractivity contribution in [2.75, 3.05) is 11.9 Å². The van der Waals surface area contributed by atoms with Gasteiger partial charge in [-0.2, -0.15) is 0 Å². The molecule has 3 aromatic carbocycles. The van der Waals surface area contributed by atoms with E-state index in [4.69, 9.17) is 11.6 Å². The van der Waals surface area contributed by atoms with Crippen LogP contribution in [0.3, 0.4) is 0 Å². The van der Waals surface area contributed by atoms with Crippen molar-refractivity contribution in [1.82, 2.24) is 4.90 Å². The fraction of sp³-hybridized carbons (Fsp3) is 0.231. The van der Waals surface area contributed by atoms with Crippen LogP contribution in [0.2, 0.25) is 5.02 Å². The summed E-state index contributed by atoms with van der Waals surface area (Å²) < 4.78 is 0. The molecule has 1 atom stereocenters. The molecule has 0 bridgehead atoms. The van der Waals surface area contributed by atoms with Gasteiger partial charge in [0.2, 0.25) is 5.91 Å². The fourth-order valence-electron chi connectivity index (χ4n) is 4.31. The first kappa shape index (κ1) is 21.1. The summed E-state index contributed by atoms with van der Waals surface area (Å²) in [6.07, 6.45) is 1.89. The molecule has 5 heteroatoms. The summed E-state index contributed by atoms with van der Waals surface area (Å²) >= 11 is 6.40. The summed E-state index contributed by atoms with van der Waals surface area (Å²) in [5, 5.41) is 3.57. The maximum Gasteiger partial charge on any atom is 0.254 e. The van der Waals surface area contributed by atoms with Gasteiger partial charge < -0.3 is 10.2 Å². The molecule has 1 aliphatic rings. The molecule has 0 aromatic heterocycles. The summed E-state index contributed by atoms with van der Waals surface area (Å²) in [6.45, 7) is 4.22. The van der Waals surface area contributed by atoms with Crippen molar-refractivity contribution in [3.05, 3.63) is 88.4 Å². The molecular formula is C26H25ClN2O2. The van der Waals surface area contributed by atoms with Gasteiger partial charge in [0.05, 0.1) is 6.04 Å². The number of hydrogen-bond donors (Lipinski definition) is 1. The number of carbonyl (C=O) groups is 2. The molecule has 1 heterocycles. The topological polar surface area (TPSA) is 49.4 Å². The van der Waals surface area contributed by atoms with Crippen molar-refractivity contribution in [3.63, 3.8) is 0 Å². The lowest BCUT2D eigenvalue weighted by Gasteiger charge is -2.26. The van der Waals surface area contributed by atoms with Crippen LogP contribution in [0.5, 0.6) is 0 Å². The quantitative estimate of drug-likeness (QED) is 0.529. The number of anilines is 1. The van der Waals surface area contributed by atoms with Crippen LogP contribution in [-0.2, 0) is 4.79 Å². The van der Waals surface area contributed by atoms with Crippen LogP contribution >= 0.6 is 11.6 Å². The highest BCUT2D eigenvalue weighted by atomic mass is 35.5. The Balaban J connectivity index is 1.58. The number of nitrogens with zero attached hydrogens (tertiary/aromatic N) is 1. The largest absolute Gasteiger partial charge is 0.332 e. The van der Waals surface area contributed by atoms with E-state index in [0.29, 0.717) is 10.6 Å². The Morgan fingerprint density at radius 2 is 1.74 bits per heavy atom. The normalized spacial score (nSPS) is 15.7. The third-order valence-electron chi connectivity index (χ3n) is 5.87. The summed E-state index contributed by atoms with van der Waals surface area (Å²) in [5.74, 6) is -0.0717. The number of amides is 2. The van der Waals surface area contributed by atoms with E-state index < -0.39 is 0 Å². The Morgan fingerprint density at radius 1 is 1.00 bits per heavy atom. The van der Waals surface area contributed by atoms with E-state index in [1.807, 2.05) is 78.6 Å².